The van der Waals surface area contributed by atoms with Crippen LogP contribution in [0.15, 0.2) is 19.5 Å². The van der Waals surface area contributed by atoms with E-state index >= 15 is 0 Å². The number of aliphatic hydroxyl groups is 2. The van der Waals surface area contributed by atoms with E-state index in [0.29, 0.717) is 11.1 Å². The van der Waals surface area contributed by atoms with Crippen LogP contribution in [0.25, 0.3) is 0 Å². The Labute approximate surface area is 101 Å². The quantitative estimate of drug-likeness (QED) is 0.781. The molecule has 0 unspecified atom stereocenters. The van der Waals surface area contributed by atoms with Gasteiger partial charge in [0, 0.05) is 13.4 Å². The van der Waals surface area contributed by atoms with E-state index in [-0.39, 0.29) is 13.2 Å². The molecule has 72 valence electrons. The van der Waals surface area contributed by atoms with Gasteiger partial charge in [0.25, 0.3) is 0 Å². The topological polar surface area (TPSA) is 40.5 Å². The molecule has 0 aliphatic carbocycles. The molecule has 0 aliphatic rings. The highest BCUT2D eigenvalue weighted by atomic mass is 79.9. The maximum absolute atomic E-state index is 9.10. The molecule has 0 bridgehead atoms. The Morgan fingerprint density at radius 1 is 0.923 bits per heavy atom. The summed E-state index contributed by atoms with van der Waals surface area (Å²) in [5, 5.41) is 18.2. The minimum Gasteiger partial charge on any atom is -0.392 e. The molecular formula is C8H7Br3O2. The molecule has 0 fully saturated rings. The SMILES string of the molecule is OCc1c(Br)cc(Br)c(Br)c1CO. The molecule has 2 N–H and O–H groups in total. The second-order valence-corrected chi connectivity index (χ2v) is 4.93. The van der Waals surface area contributed by atoms with Gasteiger partial charge in [0.05, 0.1) is 13.2 Å². The van der Waals surface area contributed by atoms with Gasteiger partial charge in [0.1, 0.15) is 0 Å². The fourth-order valence-corrected chi connectivity index (χ4v) is 2.87. The molecular weight excluding hydrogens is 368 g/mol. The Morgan fingerprint density at radius 2 is 1.46 bits per heavy atom. The molecule has 1 rings (SSSR count). The largest absolute Gasteiger partial charge is 0.392 e. The molecule has 0 radical (unpaired) electrons. The highest BCUT2D eigenvalue weighted by Gasteiger charge is 2.12. The molecule has 13 heavy (non-hydrogen) atoms. The molecule has 0 atom stereocenters. The first kappa shape index (κ1) is 11.7. The second kappa shape index (κ2) is 4.89. The molecule has 0 aromatic heterocycles. The van der Waals surface area contributed by atoms with Crippen molar-refractivity contribution in [3.8, 4) is 0 Å². The fraction of sp³-hybridized carbons (Fsp3) is 0.250. The monoisotopic (exact) mass is 372 g/mol. The van der Waals surface area contributed by atoms with Gasteiger partial charge in [-0.25, -0.2) is 0 Å². The number of hydrogen-bond donors (Lipinski definition) is 2. The zero-order valence-electron chi connectivity index (χ0n) is 6.52. The van der Waals surface area contributed by atoms with Crippen LogP contribution in [0.1, 0.15) is 11.1 Å². The van der Waals surface area contributed by atoms with E-state index in [1.165, 1.54) is 0 Å². The van der Waals surface area contributed by atoms with Crippen molar-refractivity contribution in [3.05, 3.63) is 30.6 Å². The van der Waals surface area contributed by atoms with Gasteiger partial charge in [-0.1, -0.05) is 15.9 Å². The number of rotatable bonds is 2. The third-order valence-electron chi connectivity index (χ3n) is 1.70. The first-order chi connectivity index (χ1) is 6.11. The van der Waals surface area contributed by atoms with Gasteiger partial charge >= 0.3 is 0 Å². The third kappa shape index (κ3) is 2.33. The van der Waals surface area contributed by atoms with Gasteiger partial charge in [-0.2, -0.15) is 0 Å². The minimum atomic E-state index is -0.103. The highest BCUT2D eigenvalue weighted by Crippen LogP contribution is 2.34. The maximum Gasteiger partial charge on any atom is 0.0697 e. The van der Waals surface area contributed by atoms with E-state index in [1.807, 2.05) is 6.07 Å². The summed E-state index contributed by atoms with van der Waals surface area (Å²) in [6, 6.07) is 1.83. The van der Waals surface area contributed by atoms with Crippen molar-refractivity contribution in [3.63, 3.8) is 0 Å². The summed E-state index contributed by atoms with van der Waals surface area (Å²) >= 11 is 9.97. The molecule has 0 heterocycles. The Kier molecular flexibility index (Phi) is 4.38. The van der Waals surface area contributed by atoms with E-state index in [1.54, 1.807) is 0 Å². The molecule has 0 amide bonds. The Bertz CT molecular complexity index is 326. The lowest BCUT2D eigenvalue weighted by atomic mass is 10.1. The van der Waals surface area contributed by atoms with Crippen molar-refractivity contribution in [2.45, 2.75) is 13.2 Å². The zero-order valence-corrected chi connectivity index (χ0v) is 11.3. The number of hydrogen-bond acceptors (Lipinski definition) is 2. The summed E-state index contributed by atoms with van der Waals surface area (Å²) < 4.78 is 2.41. The summed E-state index contributed by atoms with van der Waals surface area (Å²) in [7, 11) is 0. The number of benzene rings is 1. The summed E-state index contributed by atoms with van der Waals surface area (Å²) in [4.78, 5) is 0. The van der Waals surface area contributed by atoms with Crippen LogP contribution in [0.3, 0.4) is 0 Å². The first-order valence-electron chi connectivity index (χ1n) is 3.48. The van der Waals surface area contributed by atoms with E-state index in [2.05, 4.69) is 47.8 Å². The average molecular weight is 375 g/mol. The van der Waals surface area contributed by atoms with E-state index in [0.717, 1.165) is 13.4 Å². The van der Waals surface area contributed by atoms with Gasteiger partial charge in [0.15, 0.2) is 0 Å². The molecule has 0 saturated heterocycles. The van der Waals surface area contributed by atoms with Crippen molar-refractivity contribution in [1.82, 2.24) is 0 Å². The van der Waals surface area contributed by atoms with Crippen molar-refractivity contribution >= 4 is 47.8 Å². The lowest BCUT2D eigenvalue weighted by molar-refractivity contribution is 0.258. The molecule has 5 heteroatoms. The predicted molar refractivity (Wildman–Crippen MR) is 61.4 cm³/mol. The minimum absolute atomic E-state index is 0.0949. The van der Waals surface area contributed by atoms with Crippen LogP contribution >= 0.6 is 47.8 Å². The summed E-state index contributed by atoms with van der Waals surface area (Å²) in [5.74, 6) is 0. The maximum atomic E-state index is 9.10. The van der Waals surface area contributed by atoms with Gasteiger partial charge in [-0.15, -0.1) is 0 Å². The van der Waals surface area contributed by atoms with Crippen molar-refractivity contribution < 1.29 is 10.2 Å². The van der Waals surface area contributed by atoms with Crippen LogP contribution in [0.5, 0.6) is 0 Å². The first-order valence-corrected chi connectivity index (χ1v) is 5.86. The third-order valence-corrected chi connectivity index (χ3v) is 4.47. The molecule has 0 saturated carbocycles. The molecule has 1 aromatic rings. The zero-order chi connectivity index (χ0) is 10.0. The standard InChI is InChI=1S/C8H7Br3O2/c9-6-1-7(10)8(11)5(3-13)4(6)2-12/h1,12-13H,2-3H2. The lowest BCUT2D eigenvalue weighted by Crippen LogP contribution is -1.97. The normalized spacial score (nSPS) is 10.5. The highest BCUT2D eigenvalue weighted by molar-refractivity contribution is 9.13. The number of halogens is 3. The Hall–Kier alpha value is 0.580. The summed E-state index contributed by atoms with van der Waals surface area (Å²) in [5.41, 5.74) is 1.40. The summed E-state index contributed by atoms with van der Waals surface area (Å²) in [6.07, 6.45) is 0. The Morgan fingerprint density at radius 3 is 1.92 bits per heavy atom. The molecule has 1 aromatic carbocycles. The van der Waals surface area contributed by atoms with Crippen LogP contribution in [0.4, 0.5) is 0 Å². The smallest absolute Gasteiger partial charge is 0.0697 e. The van der Waals surface area contributed by atoms with Crippen molar-refractivity contribution in [2.75, 3.05) is 0 Å². The van der Waals surface area contributed by atoms with Gasteiger partial charge in [-0.05, 0) is 49.1 Å². The van der Waals surface area contributed by atoms with E-state index < -0.39 is 0 Å². The summed E-state index contributed by atoms with van der Waals surface area (Å²) in [6.45, 7) is -0.198. The molecule has 0 aliphatic heterocycles. The van der Waals surface area contributed by atoms with E-state index in [9.17, 15) is 0 Å². The van der Waals surface area contributed by atoms with Gasteiger partial charge < -0.3 is 10.2 Å². The van der Waals surface area contributed by atoms with E-state index in [4.69, 9.17) is 10.2 Å². The lowest BCUT2D eigenvalue weighted by Gasteiger charge is -2.11. The Balaban J connectivity index is 3.41. The van der Waals surface area contributed by atoms with Crippen LogP contribution in [0, 0.1) is 0 Å². The number of aliphatic hydroxyl groups excluding tert-OH is 2. The van der Waals surface area contributed by atoms with Crippen LogP contribution in [-0.2, 0) is 13.2 Å². The van der Waals surface area contributed by atoms with Crippen LogP contribution in [-0.4, -0.2) is 10.2 Å². The van der Waals surface area contributed by atoms with Gasteiger partial charge in [0.2, 0.25) is 0 Å². The average Bonchev–Trinajstić information content (AvgIpc) is 2.10. The molecule has 0 spiro atoms. The predicted octanol–water partition coefficient (Wildman–Crippen LogP) is 2.96. The molecule has 2 nitrogen and oxygen atoms in total. The second-order valence-electron chi connectivity index (χ2n) is 2.43. The van der Waals surface area contributed by atoms with Crippen LogP contribution < -0.4 is 0 Å². The van der Waals surface area contributed by atoms with Gasteiger partial charge in [-0.3, -0.25) is 0 Å². The van der Waals surface area contributed by atoms with Crippen LogP contribution in [0.2, 0.25) is 0 Å². The fourth-order valence-electron chi connectivity index (χ4n) is 1.02. The van der Waals surface area contributed by atoms with Crippen molar-refractivity contribution in [2.24, 2.45) is 0 Å². The van der Waals surface area contributed by atoms with Crippen molar-refractivity contribution in [1.29, 1.82) is 0 Å².